The summed E-state index contributed by atoms with van der Waals surface area (Å²) < 4.78 is 0. The zero-order valence-electron chi connectivity index (χ0n) is 18.9. The first kappa shape index (κ1) is 22.6. The molecule has 3 amide bonds. The van der Waals surface area contributed by atoms with Crippen LogP contribution in [0.3, 0.4) is 0 Å². The minimum atomic E-state index is -0.236. The van der Waals surface area contributed by atoms with E-state index in [2.05, 4.69) is 45.1 Å². The minimum absolute atomic E-state index is 0.141. The number of rotatable bonds is 6. The van der Waals surface area contributed by atoms with Gasteiger partial charge in [-0.15, -0.1) is 0 Å². The van der Waals surface area contributed by atoms with E-state index in [9.17, 15) is 9.59 Å². The van der Waals surface area contributed by atoms with Gasteiger partial charge in [0.2, 0.25) is 0 Å². The molecular formula is C27H30N4O2. The lowest BCUT2D eigenvalue weighted by molar-refractivity contribution is 0.102. The fraction of sp³-hybridized carbons (Fsp3) is 0.259. The summed E-state index contributed by atoms with van der Waals surface area (Å²) >= 11 is 0. The molecule has 0 saturated carbocycles. The zero-order chi connectivity index (χ0) is 23.0. The van der Waals surface area contributed by atoms with Crippen molar-refractivity contribution in [1.29, 1.82) is 0 Å². The average molecular weight is 443 g/mol. The van der Waals surface area contributed by atoms with E-state index in [1.165, 1.54) is 5.56 Å². The molecule has 1 fully saturated rings. The molecule has 170 valence electrons. The number of hydrogen-bond acceptors (Lipinski definition) is 3. The van der Waals surface area contributed by atoms with E-state index < -0.39 is 0 Å². The first-order valence-corrected chi connectivity index (χ1v) is 11.4. The van der Waals surface area contributed by atoms with Gasteiger partial charge in [-0.2, -0.15) is 0 Å². The maximum atomic E-state index is 12.6. The lowest BCUT2D eigenvalue weighted by atomic mass is 10.0. The van der Waals surface area contributed by atoms with Gasteiger partial charge < -0.3 is 16.0 Å². The molecule has 0 bridgehead atoms. The Morgan fingerprint density at radius 3 is 2.24 bits per heavy atom. The molecule has 0 aliphatic carbocycles. The normalized spacial score (nSPS) is 14.5. The standard InChI is InChI=1S/C27H30N4O2/c1-20-12-13-22(26(32)28-23-10-6-3-7-11-23)18-25(20)30-27(33)29-24-14-16-31(17-15-24)19-21-8-4-2-5-9-21/h2-13,18,24H,14-17,19H2,1H3,(H,28,32)(H2,29,30,33). The number of piperidine rings is 1. The predicted octanol–water partition coefficient (Wildman–Crippen LogP) is 5.03. The molecule has 4 rings (SSSR count). The van der Waals surface area contributed by atoms with Crippen LogP contribution in [0.1, 0.15) is 34.3 Å². The van der Waals surface area contributed by atoms with Crippen molar-refractivity contribution in [2.75, 3.05) is 23.7 Å². The lowest BCUT2D eigenvalue weighted by Crippen LogP contribution is -2.45. The van der Waals surface area contributed by atoms with Gasteiger partial charge in [0.1, 0.15) is 0 Å². The van der Waals surface area contributed by atoms with E-state index in [1.807, 2.05) is 49.4 Å². The smallest absolute Gasteiger partial charge is 0.319 e. The molecule has 0 radical (unpaired) electrons. The predicted molar refractivity (Wildman–Crippen MR) is 132 cm³/mol. The number of hydrogen-bond donors (Lipinski definition) is 3. The maximum absolute atomic E-state index is 12.6. The van der Waals surface area contributed by atoms with Crippen molar-refractivity contribution < 1.29 is 9.59 Å². The molecule has 3 N–H and O–H groups in total. The number of nitrogens with one attached hydrogen (secondary N) is 3. The third-order valence-electron chi connectivity index (χ3n) is 5.95. The van der Waals surface area contributed by atoms with Crippen molar-refractivity contribution in [2.45, 2.75) is 32.4 Å². The van der Waals surface area contributed by atoms with Gasteiger partial charge in [0.05, 0.1) is 0 Å². The first-order valence-electron chi connectivity index (χ1n) is 11.4. The Bertz CT molecular complexity index is 1080. The number of carbonyl (C=O) groups is 2. The SMILES string of the molecule is Cc1ccc(C(=O)Nc2ccccc2)cc1NC(=O)NC1CCN(Cc2ccccc2)CC1. The Kier molecular flexibility index (Phi) is 7.37. The summed E-state index contributed by atoms with van der Waals surface area (Å²) in [7, 11) is 0. The highest BCUT2D eigenvalue weighted by atomic mass is 16.2. The molecule has 0 spiro atoms. The second-order valence-corrected chi connectivity index (χ2v) is 8.48. The Hall–Kier alpha value is -3.64. The summed E-state index contributed by atoms with van der Waals surface area (Å²) in [6, 6.07) is 25.0. The highest BCUT2D eigenvalue weighted by molar-refractivity contribution is 6.05. The van der Waals surface area contributed by atoms with Crippen LogP contribution in [0, 0.1) is 6.92 Å². The second kappa shape index (κ2) is 10.8. The fourth-order valence-electron chi connectivity index (χ4n) is 4.04. The van der Waals surface area contributed by atoms with Crippen molar-refractivity contribution in [3.05, 3.63) is 95.6 Å². The maximum Gasteiger partial charge on any atom is 0.319 e. The van der Waals surface area contributed by atoms with E-state index in [-0.39, 0.29) is 18.0 Å². The summed E-state index contributed by atoms with van der Waals surface area (Å²) in [5.74, 6) is -0.213. The molecule has 3 aromatic rings. The monoisotopic (exact) mass is 442 g/mol. The molecule has 0 aromatic heterocycles. The molecule has 1 aliphatic rings. The van der Waals surface area contributed by atoms with Gasteiger partial charge in [0, 0.05) is 42.6 Å². The number of urea groups is 1. The van der Waals surface area contributed by atoms with Gasteiger partial charge >= 0.3 is 6.03 Å². The molecule has 1 aliphatic heterocycles. The Labute approximate surface area is 195 Å². The zero-order valence-corrected chi connectivity index (χ0v) is 18.9. The summed E-state index contributed by atoms with van der Waals surface area (Å²) in [5.41, 5.74) is 4.07. The third kappa shape index (κ3) is 6.43. The quantitative estimate of drug-likeness (QED) is 0.501. The van der Waals surface area contributed by atoms with Gasteiger partial charge in [0.15, 0.2) is 0 Å². The van der Waals surface area contributed by atoms with Crippen molar-refractivity contribution in [3.63, 3.8) is 0 Å². The van der Waals surface area contributed by atoms with Crippen LogP contribution in [0.5, 0.6) is 0 Å². The number of amides is 3. The van der Waals surface area contributed by atoms with Gasteiger partial charge in [-0.05, 0) is 55.2 Å². The van der Waals surface area contributed by atoms with Crippen LogP contribution in [0.4, 0.5) is 16.2 Å². The van der Waals surface area contributed by atoms with E-state index in [4.69, 9.17) is 0 Å². The van der Waals surface area contributed by atoms with Gasteiger partial charge in [-0.3, -0.25) is 9.69 Å². The van der Waals surface area contributed by atoms with Gasteiger partial charge in [-0.25, -0.2) is 4.79 Å². The topological polar surface area (TPSA) is 73.5 Å². The number of para-hydroxylation sites is 1. The van der Waals surface area contributed by atoms with Gasteiger partial charge in [0.25, 0.3) is 5.91 Å². The van der Waals surface area contributed by atoms with Crippen molar-refractivity contribution >= 4 is 23.3 Å². The first-order chi connectivity index (χ1) is 16.1. The summed E-state index contributed by atoms with van der Waals surface area (Å²) in [5, 5.41) is 8.89. The molecule has 33 heavy (non-hydrogen) atoms. The molecule has 6 nitrogen and oxygen atoms in total. The largest absolute Gasteiger partial charge is 0.335 e. The Morgan fingerprint density at radius 2 is 1.55 bits per heavy atom. The van der Waals surface area contributed by atoms with Crippen LogP contribution in [0.15, 0.2) is 78.9 Å². The van der Waals surface area contributed by atoms with Crippen LogP contribution >= 0.6 is 0 Å². The lowest BCUT2D eigenvalue weighted by Gasteiger charge is -2.32. The Morgan fingerprint density at radius 1 is 0.879 bits per heavy atom. The van der Waals surface area contributed by atoms with Gasteiger partial charge in [-0.1, -0.05) is 54.6 Å². The third-order valence-corrected chi connectivity index (χ3v) is 5.95. The molecule has 0 unspecified atom stereocenters. The molecule has 1 heterocycles. The summed E-state index contributed by atoms with van der Waals surface area (Å²) in [6.45, 7) is 4.76. The molecule has 0 atom stereocenters. The average Bonchev–Trinajstić information content (AvgIpc) is 2.83. The van der Waals surface area contributed by atoms with E-state index in [1.54, 1.807) is 12.1 Å². The number of carbonyl (C=O) groups excluding carboxylic acids is 2. The summed E-state index contributed by atoms with van der Waals surface area (Å²) in [6.07, 6.45) is 1.83. The minimum Gasteiger partial charge on any atom is -0.335 e. The molecule has 3 aromatic carbocycles. The second-order valence-electron chi connectivity index (χ2n) is 8.48. The molecule has 6 heteroatoms. The van der Waals surface area contributed by atoms with E-state index in [0.717, 1.165) is 43.7 Å². The highest BCUT2D eigenvalue weighted by Crippen LogP contribution is 2.19. The number of likely N-dealkylation sites (tertiary alicyclic amines) is 1. The number of anilines is 2. The molecule has 1 saturated heterocycles. The van der Waals surface area contributed by atoms with Crippen LogP contribution in [-0.4, -0.2) is 36.0 Å². The number of benzene rings is 3. The number of nitrogens with zero attached hydrogens (tertiary/aromatic N) is 1. The van der Waals surface area contributed by atoms with Crippen LogP contribution in [0.25, 0.3) is 0 Å². The van der Waals surface area contributed by atoms with Crippen molar-refractivity contribution in [2.24, 2.45) is 0 Å². The Balaban J connectivity index is 1.28. The van der Waals surface area contributed by atoms with Crippen LogP contribution in [-0.2, 0) is 6.54 Å². The van der Waals surface area contributed by atoms with Crippen LogP contribution < -0.4 is 16.0 Å². The number of aryl methyl sites for hydroxylation is 1. The summed E-state index contributed by atoms with van der Waals surface area (Å²) in [4.78, 5) is 27.7. The van der Waals surface area contributed by atoms with E-state index in [0.29, 0.717) is 11.3 Å². The van der Waals surface area contributed by atoms with Crippen LogP contribution in [0.2, 0.25) is 0 Å². The van der Waals surface area contributed by atoms with Crippen molar-refractivity contribution in [3.8, 4) is 0 Å². The van der Waals surface area contributed by atoms with E-state index >= 15 is 0 Å². The molecular weight excluding hydrogens is 412 g/mol. The fourth-order valence-corrected chi connectivity index (χ4v) is 4.04. The highest BCUT2D eigenvalue weighted by Gasteiger charge is 2.21. The van der Waals surface area contributed by atoms with Crippen molar-refractivity contribution in [1.82, 2.24) is 10.2 Å².